The van der Waals surface area contributed by atoms with Gasteiger partial charge in [0.05, 0.1) is 6.54 Å². The lowest BCUT2D eigenvalue weighted by atomic mass is 10.1. The summed E-state index contributed by atoms with van der Waals surface area (Å²) in [5.41, 5.74) is 3.52. The summed E-state index contributed by atoms with van der Waals surface area (Å²) in [5, 5.41) is 4.25. The Bertz CT molecular complexity index is 739. The van der Waals surface area contributed by atoms with E-state index >= 15 is 0 Å². The van der Waals surface area contributed by atoms with Crippen LogP contribution in [0.5, 0.6) is 0 Å². The average molecular weight is 393 g/mol. The Kier molecular flexibility index (Phi) is 5.95. The molecule has 0 aromatic heterocycles. The number of urea groups is 1. The van der Waals surface area contributed by atoms with E-state index in [1.807, 2.05) is 12.1 Å². The molecule has 2 saturated heterocycles. The summed E-state index contributed by atoms with van der Waals surface area (Å²) in [4.78, 5) is 48.7. The Morgan fingerprint density at radius 2 is 1.96 bits per heavy atom. The number of hydrazine groups is 2. The van der Waals surface area contributed by atoms with Crippen molar-refractivity contribution in [1.29, 1.82) is 0 Å². The molecular formula is C18H21ClN4O4. The summed E-state index contributed by atoms with van der Waals surface area (Å²) in [5.74, 6) is -0.563. The number of carbonyl (C=O) groups is 4. The Morgan fingerprint density at radius 1 is 1.22 bits per heavy atom. The van der Waals surface area contributed by atoms with Crippen molar-refractivity contribution in [2.45, 2.75) is 38.1 Å². The number of hydrogen-bond acceptors (Lipinski definition) is 4. The van der Waals surface area contributed by atoms with E-state index in [0.29, 0.717) is 37.1 Å². The molecule has 8 nitrogen and oxygen atoms in total. The highest BCUT2D eigenvalue weighted by atomic mass is 35.5. The highest BCUT2D eigenvalue weighted by molar-refractivity contribution is 6.30. The molecule has 3 rings (SSSR count). The van der Waals surface area contributed by atoms with E-state index < -0.39 is 12.1 Å². The van der Waals surface area contributed by atoms with Gasteiger partial charge in [-0.2, -0.15) is 0 Å². The van der Waals surface area contributed by atoms with Gasteiger partial charge in [-0.3, -0.25) is 15.0 Å². The molecule has 4 amide bonds. The average Bonchev–Trinajstić information content (AvgIpc) is 2.79. The first-order valence-corrected chi connectivity index (χ1v) is 9.27. The molecule has 0 saturated carbocycles. The number of nitrogens with one attached hydrogen (secondary N) is 1. The molecule has 1 aromatic carbocycles. The van der Waals surface area contributed by atoms with Gasteiger partial charge in [0.1, 0.15) is 12.3 Å². The van der Waals surface area contributed by atoms with Crippen molar-refractivity contribution >= 4 is 35.7 Å². The van der Waals surface area contributed by atoms with Gasteiger partial charge in [-0.15, -0.1) is 0 Å². The number of aryl methyl sites for hydroxylation is 1. The topological polar surface area (TPSA) is 90.0 Å². The predicted molar refractivity (Wildman–Crippen MR) is 97.3 cm³/mol. The molecule has 0 aliphatic carbocycles. The zero-order chi connectivity index (χ0) is 19.4. The Hall–Kier alpha value is -2.61. The van der Waals surface area contributed by atoms with Gasteiger partial charge in [-0.05, 0) is 37.0 Å². The van der Waals surface area contributed by atoms with Gasteiger partial charge in [0.25, 0.3) is 0 Å². The van der Waals surface area contributed by atoms with Gasteiger partial charge in [0, 0.05) is 24.4 Å². The van der Waals surface area contributed by atoms with Crippen LogP contribution in [0.2, 0.25) is 5.02 Å². The van der Waals surface area contributed by atoms with Crippen molar-refractivity contribution in [3.63, 3.8) is 0 Å². The Balaban J connectivity index is 1.64. The van der Waals surface area contributed by atoms with Gasteiger partial charge < -0.3 is 4.79 Å². The highest BCUT2D eigenvalue weighted by Gasteiger charge is 2.40. The third-order valence-corrected chi connectivity index (χ3v) is 4.93. The number of benzene rings is 1. The first-order chi connectivity index (χ1) is 13.0. The van der Waals surface area contributed by atoms with Crippen molar-refractivity contribution in [2.24, 2.45) is 0 Å². The number of nitrogens with zero attached hydrogens (tertiary/aromatic N) is 3. The summed E-state index contributed by atoms with van der Waals surface area (Å²) < 4.78 is 0. The van der Waals surface area contributed by atoms with Gasteiger partial charge >= 0.3 is 6.03 Å². The zero-order valence-corrected chi connectivity index (χ0v) is 15.5. The van der Waals surface area contributed by atoms with E-state index in [4.69, 9.17) is 11.6 Å². The van der Waals surface area contributed by atoms with E-state index in [0.717, 1.165) is 10.6 Å². The number of carbonyl (C=O) groups excluding carboxylic acids is 4. The second-order valence-electron chi connectivity index (χ2n) is 6.55. The monoisotopic (exact) mass is 392 g/mol. The molecule has 2 heterocycles. The fourth-order valence-electron chi connectivity index (χ4n) is 3.25. The van der Waals surface area contributed by atoms with Crippen molar-refractivity contribution in [2.75, 3.05) is 13.1 Å². The number of fused-ring (bicyclic) bond motifs is 1. The van der Waals surface area contributed by atoms with Crippen LogP contribution in [0.25, 0.3) is 0 Å². The van der Waals surface area contributed by atoms with Crippen LogP contribution in [0.3, 0.4) is 0 Å². The maximum Gasteiger partial charge on any atom is 0.358 e. The smallest absolute Gasteiger partial charge is 0.301 e. The quantitative estimate of drug-likeness (QED) is 0.769. The largest absolute Gasteiger partial charge is 0.358 e. The molecular weight excluding hydrogens is 372 g/mol. The lowest BCUT2D eigenvalue weighted by Crippen LogP contribution is -2.61. The molecule has 27 heavy (non-hydrogen) atoms. The minimum absolute atomic E-state index is 0.0723. The van der Waals surface area contributed by atoms with E-state index in [1.54, 1.807) is 12.1 Å². The van der Waals surface area contributed by atoms with Crippen molar-refractivity contribution in [1.82, 2.24) is 20.5 Å². The lowest BCUT2D eigenvalue weighted by Gasteiger charge is -2.41. The second-order valence-corrected chi connectivity index (χ2v) is 6.99. The number of hydrogen-bond donors (Lipinski definition) is 1. The maximum atomic E-state index is 12.8. The fraction of sp³-hybridized carbons (Fsp3) is 0.444. The number of aldehydes is 1. The second kappa shape index (κ2) is 8.39. The predicted octanol–water partition coefficient (Wildman–Crippen LogP) is 1.54. The fourth-order valence-corrected chi connectivity index (χ4v) is 3.38. The van der Waals surface area contributed by atoms with Crippen molar-refractivity contribution in [3.05, 3.63) is 34.9 Å². The van der Waals surface area contributed by atoms with Crippen LogP contribution in [0, 0.1) is 0 Å². The minimum Gasteiger partial charge on any atom is -0.301 e. The molecule has 0 radical (unpaired) electrons. The molecule has 9 heteroatoms. The van der Waals surface area contributed by atoms with Crippen LogP contribution in [-0.4, -0.2) is 58.3 Å². The summed E-state index contributed by atoms with van der Waals surface area (Å²) >= 11 is 5.84. The first kappa shape index (κ1) is 19.2. The van der Waals surface area contributed by atoms with Gasteiger partial charge in [-0.25, -0.2) is 19.8 Å². The third kappa shape index (κ3) is 4.39. The normalized spacial score (nSPS) is 20.2. The molecule has 2 aliphatic heterocycles. The van der Waals surface area contributed by atoms with Gasteiger partial charge in [-0.1, -0.05) is 23.7 Å². The van der Waals surface area contributed by atoms with Crippen LogP contribution in [0.1, 0.15) is 31.2 Å². The summed E-state index contributed by atoms with van der Waals surface area (Å²) in [6.07, 6.45) is 2.59. The summed E-state index contributed by atoms with van der Waals surface area (Å²) in [6.45, 7) is 0.468. The lowest BCUT2D eigenvalue weighted by molar-refractivity contribution is -0.151. The number of halogens is 1. The third-order valence-electron chi connectivity index (χ3n) is 4.68. The maximum absolute atomic E-state index is 12.8. The molecule has 0 bridgehead atoms. The van der Waals surface area contributed by atoms with Crippen LogP contribution >= 0.6 is 11.6 Å². The van der Waals surface area contributed by atoms with Gasteiger partial charge in [0.2, 0.25) is 11.8 Å². The molecule has 144 valence electrons. The minimum atomic E-state index is -0.693. The van der Waals surface area contributed by atoms with E-state index in [2.05, 4.69) is 5.43 Å². The molecule has 0 spiro atoms. The van der Waals surface area contributed by atoms with Crippen LogP contribution in [-0.2, 0) is 20.8 Å². The summed E-state index contributed by atoms with van der Waals surface area (Å²) in [7, 11) is 0. The zero-order valence-electron chi connectivity index (χ0n) is 14.8. The number of amides is 4. The SMILES string of the molecule is O=C[C@@H]1CCCN2C(=O)CCN(NC(=O)CCc3ccc(Cl)cc3)C(=O)N12. The molecule has 1 aromatic rings. The van der Waals surface area contributed by atoms with Gasteiger partial charge in [0.15, 0.2) is 0 Å². The first-order valence-electron chi connectivity index (χ1n) is 8.90. The van der Waals surface area contributed by atoms with Crippen LogP contribution in [0.4, 0.5) is 4.79 Å². The van der Waals surface area contributed by atoms with E-state index in [9.17, 15) is 19.2 Å². The summed E-state index contributed by atoms with van der Waals surface area (Å²) in [6, 6.07) is 5.93. The molecule has 2 fully saturated rings. The molecule has 0 unspecified atom stereocenters. The Morgan fingerprint density at radius 3 is 2.67 bits per heavy atom. The highest BCUT2D eigenvalue weighted by Crippen LogP contribution is 2.22. The standard InChI is InChI=1S/C18H21ClN4O4/c19-14-6-3-13(4-7-14)5-8-16(25)20-21-11-9-17(26)22-10-1-2-15(12-24)23(22)18(21)27/h3-4,6-7,12,15H,1-2,5,8-11H2,(H,20,25)/t15-/m0/s1. The molecule has 1 atom stereocenters. The molecule has 1 N–H and O–H groups in total. The van der Waals surface area contributed by atoms with Crippen molar-refractivity contribution in [3.8, 4) is 0 Å². The van der Waals surface area contributed by atoms with E-state index in [1.165, 1.54) is 10.0 Å². The van der Waals surface area contributed by atoms with Crippen molar-refractivity contribution < 1.29 is 19.2 Å². The van der Waals surface area contributed by atoms with Crippen LogP contribution in [0.15, 0.2) is 24.3 Å². The van der Waals surface area contributed by atoms with E-state index in [-0.39, 0.29) is 31.2 Å². The van der Waals surface area contributed by atoms with Crippen LogP contribution < -0.4 is 5.43 Å². The Labute approximate surface area is 162 Å². The molecule has 2 aliphatic rings. The number of rotatable bonds is 5.